The minimum absolute atomic E-state index is 0.283. The van der Waals surface area contributed by atoms with E-state index < -0.39 is 0 Å². The van der Waals surface area contributed by atoms with Crippen LogP contribution in [0.4, 0.5) is 10.5 Å². The van der Waals surface area contributed by atoms with Gasteiger partial charge in [-0.1, -0.05) is 24.3 Å². The predicted octanol–water partition coefficient (Wildman–Crippen LogP) is 4.58. The van der Waals surface area contributed by atoms with E-state index in [0.29, 0.717) is 35.0 Å². The Balaban J connectivity index is 1.53. The fraction of sp³-hybridized carbons (Fsp3) is 0.105. The van der Waals surface area contributed by atoms with Crippen molar-refractivity contribution in [3.8, 4) is 11.5 Å². The van der Waals surface area contributed by atoms with E-state index in [-0.39, 0.29) is 6.03 Å². The maximum atomic E-state index is 12.1. The number of thiophene rings is 1. The number of urea groups is 1. The van der Waals surface area contributed by atoms with Gasteiger partial charge in [0, 0.05) is 10.4 Å². The largest absolute Gasteiger partial charge is 0.418 e. The van der Waals surface area contributed by atoms with Crippen LogP contribution in [0.5, 0.6) is 0 Å². The van der Waals surface area contributed by atoms with Crippen molar-refractivity contribution in [2.24, 2.45) is 0 Å². The number of pyridine rings is 1. The summed E-state index contributed by atoms with van der Waals surface area (Å²) in [6.45, 7) is 2.30. The third-order valence-corrected chi connectivity index (χ3v) is 4.72. The highest BCUT2D eigenvalue weighted by Gasteiger charge is 2.13. The average molecular weight is 364 g/mol. The van der Waals surface area contributed by atoms with E-state index >= 15 is 0 Å². The molecule has 0 saturated heterocycles. The van der Waals surface area contributed by atoms with Gasteiger partial charge in [0.2, 0.25) is 11.6 Å². The zero-order valence-electron chi connectivity index (χ0n) is 14.0. The highest BCUT2D eigenvalue weighted by Crippen LogP contribution is 2.26. The van der Waals surface area contributed by atoms with Crippen molar-refractivity contribution in [2.45, 2.75) is 13.5 Å². The fourth-order valence-corrected chi connectivity index (χ4v) is 3.17. The Hall–Kier alpha value is -3.19. The molecule has 3 heterocycles. The second-order valence-electron chi connectivity index (χ2n) is 5.72. The van der Waals surface area contributed by atoms with Crippen molar-refractivity contribution in [1.29, 1.82) is 0 Å². The Morgan fingerprint density at radius 1 is 1.15 bits per heavy atom. The number of hydrogen-bond acceptors (Lipinski definition) is 5. The van der Waals surface area contributed by atoms with Crippen molar-refractivity contribution in [3.05, 3.63) is 64.5 Å². The topological polar surface area (TPSA) is 80.1 Å². The van der Waals surface area contributed by atoms with Crippen LogP contribution in [0.2, 0.25) is 0 Å². The van der Waals surface area contributed by atoms with E-state index in [1.54, 1.807) is 17.4 Å². The standard InChI is InChI=1S/C19H16N4O2S/c1-12-15(23-19(24)20-11-14-8-5-9-26-14)10-16-18(21-12)25-17(22-16)13-6-3-2-4-7-13/h2-10H,11H2,1H3,(H2,20,23,24). The SMILES string of the molecule is Cc1nc2oc(-c3ccccc3)nc2cc1NC(=O)NCc1cccs1. The van der Waals surface area contributed by atoms with Gasteiger partial charge in [-0.25, -0.2) is 14.8 Å². The van der Waals surface area contributed by atoms with Crippen LogP contribution >= 0.6 is 11.3 Å². The third kappa shape index (κ3) is 3.43. The molecule has 0 aliphatic carbocycles. The van der Waals surface area contributed by atoms with Crippen molar-refractivity contribution in [1.82, 2.24) is 15.3 Å². The Morgan fingerprint density at radius 3 is 2.77 bits per heavy atom. The first-order valence-electron chi connectivity index (χ1n) is 8.10. The molecule has 0 fully saturated rings. The first-order valence-corrected chi connectivity index (χ1v) is 8.98. The van der Waals surface area contributed by atoms with E-state index in [4.69, 9.17) is 4.42 Å². The van der Waals surface area contributed by atoms with Crippen LogP contribution in [0.25, 0.3) is 22.7 Å². The van der Waals surface area contributed by atoms with Gasteiger partial charge in [-0.2, -0.15) is 0 Å². The maximum Gasteiger partial charge on any atom is 0.319 e. The van der Waals surface area contributed by atoms with E-state index in [1.807, 2.05) is 54.8 Å². The van der Waals surface area contributed by atoms with Crippen molar-refractivity contribution < 1.29 is 9.21 Å². The molecule has 0 bridgehead atoms. The Morgan fingerprint density at radius 2 is 2.00 bits per heavy atom. The summed E-state index contributed by atoms with van der Waals surface area (Å²) in [7, 11) is 0. The number of anilines is 1. The van der Waals surface area contributed by atoms with Crippen LogP contribution in [0.3, 0.4) is 0 Å². The van der Waals surface area contributed by atoms with Gasteiger partial charge in [-0.05, 0) is 36.6 Å². The Kier molecular flexibility index (Phi) is 4.37. The number of hydrogen-bond donors (Lipinski definition) is 2. The van der Waals surface area contributed by atoms with Gasteiger partial charge < -0.3 is 15.1 Å². The number of oxazole rings is 1. The van der Waals surface area contributed by atoms with Gasteiger partial charge in [0.25, 0.3) is 0 Å². The molecule has 2 N–H and O–H groups in total. The molecule has 4 rings (SSSR count). The molecule has 3 aromatic heterocycles. The van der Waals surface area contributed by atoms with Crippen LogP contribution in [-0.2, 0) is 6.54 Å². The van der Waals surface area contributed by atoms with Crippen LogP contribution in [0.15, 0.2) is 58.3 Å². The molecule has 0 spiro atoms. The number of benzene rings is 1. The molecule has 2 amide bonds. The molecule has 4 aromatic rings. The normalized spacial score (nSPS) is 10.8. The van der Waals surface area contributed by atoms with Crippen LogP contribution in [0.1, 0.15) is 10.6 Å². The Labute approximate surface area is 153 Å². The second-order valence-corrected chi connectivity index (χ2v) is 6.75. The van der Waals surface area contributed by atoms with Crippen molar-refractivity contribution >= 4 is 34.3 Å². The number of fused-ring (bicyclic) bond motifs is 1. The van der Waals surface area contributed by atoms with Gasteiger partial charge in [0.15, 0.2) is 0 Å². The summed E-state index contributed by atoms with van der Waals surface area (Å²) in [5.74, 6) is 0.506. The van der Waals surface area contributed by atoms with E-state index in [1.165, 1.54) is 0 Å². The number of carbonyl (C=O) groups is 1. The summed E-state index contributed by atoms with van der Waals surface area (Å²) < 4.78 is 5.74. The monoisotopic (exact) mass is 364 g/mol. The zero-order valence-corrected chi connectivity index (χ0v) is 14.8. The van der Waals surface area contributed by atoms with Crippen molar-refractivity contribution in [3.63, 3.8) is 0 Å². The molecule has 0 unspecified atom stereocenters. The predicted molar refractivity (Wildman–Crippen MR) is 102 cm³/mol. The third-order valence-electron chi connectivity index (χ3n) is 3.85. The molecule has 1 aromatic carbocycles. The summed E-state index contributed by atoms with van der Waals surface area (Å²) in [6.07, 6.45) is 0. The van der Waals surface area contributed by atoms with Crippen LogP contribution in [-0.4, -0.2) is 16.0 Å². The first kappa shape index (κ1) is 16.3. The minimum Gasteiger partial charge on any atom is -0.418 e. The maximum absolute atomic E-state index is 12.1. The number of rotatable bonds is 4. The molecule has 6 nitrogen and oxygen atoms in total. The highest BCUT2D eigenvalue weighted by molar-refractivity contribution is 7.09. The van der Waals surface area contributed by atoms with Crippen LogP contribution in [0, 0.1) is 6.92 Å². The molecule has 7 heteroatoms. The molecular formula is C19H16N4O2S. The quantitative estimate of drug-likeness (QED) is 0.555. The van der Waals surface area contributed by atoms with E-state index in [2.05, 4.69) is 20.6 Å². The number of nitrogens with zero attached hydrogens (tertiary/aromatic N) is 2. The summed E-state index contributed by atoms with van der Waals surface area (Å²) >= 11 is 1.60. The number of aromatic nitrogens is 2. The summed E-state index contributed by atoms with van der Waals surface area (Å²) in [5, 5.41) is 7.63. The number of nitrogens with one attached hydrogen (secondary N) is 2. The van der Waals surface area contributed by atoms with Crippen molar-refractivity contribution in [2.75, 3.05) is 5.32 Å². The smallest absolute Gasteiger partial charge is 0.319 e. The lowest BCUT2D eigenvalue weighted by atomic mass is 10.2. The molecule has 0 radical (unpaired) electrons. The summed E-state index contributed by atoms with van der Waals surface area (Å²) in [5.41, 5.74) is 3.20. The number of carbonyl (C=O) groups excluding carboxylic acids is 1. The van der Waals surface area contributed by atoms with E-state index in [9.17, 15) is 4.79 Å². The van der Waals surface area contributed by atoms with Gasteiger partial charge in [-0.15, -0.1) is 11.3 Å². The Bertz CT molecular complexity index is 1040. The first-order chi connectivity index (χ1) is 12.7. The second kappa shape index (κ2) is 6.97. The number of aryl methyl sites for hydroxylation is 1. The lowest BCUT2D eigenvalue weighted by molar-refractivity contribution is 0.252. The molecule has 0 aliphatic rings. The van der Waals surface area contributed by atoms with Gasteiger partial charge in [0.1, 0.15) is 5.52 Å². The molecular weight excluding hydrogens is 348 g/mol. The summed E-state index contributed by atoms with van der Waals surface area (Å²) in [6, 6.07) is 15.1. The zero-order chi connectivity index (χ0) is 17.9. The molecule has 0 atom stereocenters. The van der Waals surface area contributed by atoms with Gasteiger partial charge in [0.05, 0.1) is 17.9 Å². The van der Waals surface area contributed by atoms with Gasteiger partial charge in [-0.3, -0.25) is 0 Å². The van der Waals surface area contributed by atoms with Crippen LogP contribution < -0.4 is 10.6 Å². The van der Waals surface area contributed by atoms with Gasteiger partial charge >= 0.3 is 6.03 Å². The molecule has 0 aliphatic heterocycles. The molecule has 130 valence electrons. The minimum atomic E-state index is -0.283. The lowest BCUT2D eigenvalue weighted by Gasteiger charge is -2.08. The summed E-state index contributed by atoms with van der Waals surface area (Å²) in [4.78, 5) is 22.1. The average Bonchev–Trinajstić information content (AvgIpc) is 3.30. The molecule has 0 saturated carbocycles. The highest BCUT2D eigenvalue weighted by atomic mass is 32.1. The van der Waals surface area contributed by atoms with E-state index in [0.717, 1.165) is 10.4 Å². The number of amides is 2. The fourth-order valence-electron chi connectivity index (χ4n) is 2.53. The molecule has 26 heavy (non-hydrogen) atoms. The lowest BCUT2D eigenvalue weighted by Crippen LogP contribution is -2.28.